The Morgan fingerprint density at radius 3 is 2.70 bits per heavy atom. The molecule has 5 nitrogen and oxygen atoms in total. The van der Waals surface area contributed by atoms with Gasteiger partial charge in [0.2, 0.25) is 5.88 Å². The molecule has 3 aromatic rings. The third kappa shape index (κ3) is 3.03. The molecule has 0 fully saturated rings. The molecule has 3 rings (SSSR count). The molecule has 0 atom stereocenters. The van der Waals surface area contributed by atoms with E-state index >= 15 is 0 Å². The first-order chi connectivity index (χ1) is 11.0. The predicted molar refractivity (Wildman–Crippen MR) is 92.4 cm³/mol. The number of azo groups is 1. The highest BCUT2D eigenvalue weighted by Gasteiger charge is 2.13. The molecule has 1 heterocycles. The summed E-state index contributed by atoms with van der Waals surface area (Å²) in [6.07, 6.45) is 0. The van der Waals surface area contributed by atoms with E-state index in [1.807, 2.05) is 44.2 Å². The van der Waals surface area contributed by atoms with Crippen LogP contribution >= 0.6 is 15.9 Å². The topological polar surface area (TPSA) is 77.8 Å². The molecule has 0 aliphatic rings. The smallest absolute Gasteiger partial charge is 0.295 e. The normalized spacial score (nSPS) is 11.4. The fraction of sp³-hybridized carbons (Fsp3) is 0.118. The Morgan fingerprint density at radius 2 is 1.96 bits per heavy atom. The molecule has 0 aliphatic carbocycles. The summed E-state index contributed by atoms with van der Waals surface area (Å²) in [6.45, 7) is 3.82. The first kappa shape index (κ1) is 15.4. The average molecular weight is 372 g/mol. The maximum Gasteiger partial charge on any atom is 0.295 e. The molecule has 1 aromatic heterocycles. The Kier molecular flexibility index (Phi) is 4.00. The van der Waals surface area contributed by atoms with Gasteiger partial charge in [-0.3, -0.25) is 4.79 Å². The van der Waals surface area contributed by atoms with E-state index in [-0.39, 0.29) is 11.6 Å². The summed E-state index contributed by atoms with van der Waals surface area (Å²) < 4.78 is 0.848. The number of halogens is 1. The standard InChI is InChI=1S/C17H14BrN3O2/c1-9-3-5-12(10(2)7-9)16(22)21-20-15-13-8-11(18)4-6-14(13)19-17(15)23/h3-8,19,23H,1-2H3. The van der Waals surface area contributed by atoms with Crippen molar-refractivity contribution in [2.75, 3.05) is 0 Å². The van der Waals surface area contributed by atoms with Gasteiger partial charge in [0.15, 0.2) is 5.69 Å². The van der Waals surface area contributed by atoms with Crippen molar-refractivity contribution in [3.8, 4) is 5.88 Å². The van der Waals surface area contributed by atoms with E-state index < -0.39 is 5.91 Å². The number of benzene rings is 2. The molecular formula is C17H14BrN3O2. The van der Waals surface area contributed by atoms with Crippen LogP contribution in [-0.4, -0.2) is 16.0 Å². The van der Waals surface area contributed by atoms with Gasteiger partial charge < -0.3 is 10.1 Å². The third-order valence-electron chi connectivity index (χ3n) is 3.57. The van der Waals surface area contributed by atoms with Crippen molar-refractivity contribution in [1.82, 2.24) is 4.98 Å². The monoisotopic (exact) mass is 371 g/mol. The number of aromatic hydroxyl groups is 1. The average Bonchev–Trinajstić information content (AvgIpc) is 2.79. The number of aromatic nitrogens is 1. The van der Waals surface area contributed by atoms with E-state index in [2.05, 4.69) is 31.1 Å². The SMILES string of the molecule is Cc1ccc(C(=O)N=Nc2c(O)[nH]c3ccc(Br)cc23)c(C)c1. The van der Waals surface area contributed by atoms with Crippen molar-refractivity contribution in [3.63, 3.8) is 0 Å². The third-order valence-corrected chi connectivity index (χ3v) is 4.06. The summed E-state index contributed by atoms with van der Waals surface area (Å²) in [4.78, 5) is 15.0. The van der Waals surface area contributed by atoms with E-state index in [9.17, 15) is 9.90 Å². The Hall–Kier alpha value is -2.47. The van der Waals surface area contributed by atoms with Gasteiger partial charge in [0, 0.05) is 15.4 Å². The van der Waals surface area contributed by atoms with Crippen molar-refractivity contribution in [2.45, 2.75) is 13.8 Å². The summed E-state index contributed by atoms with van der Waals surface area (Å²) in [6, 6.07) is 11.0. The Bertz CT molecular complexity index is 944. The van der Waals surface area contributed by atoms with E-state index in [4.69, 9.17) is 0 Å². The number of amides is 1. The molecule has 116 valence electrons. The van der Waals surface area contributed by atoms with Gasteiger partial charge in [-0.2, -0.15) is 0 Å². The minimum Gasteiger partial charge on any atom is -0.493 e. The van der Waals surface area contributed by atoms with Crippen LogP contribution in [0.1, 0.15) is 21.5 Å². The first-order valence-electron chi connectivity index (χ1n) is 6.99. The lowest BCUT2D eigenvalue weighted by Crippen LogP contribution is -1.97. The minimum absolute atomic E-state index is 0.115. The number of hydrogen-bond donors (Lipinski definition) is 2. The van der Waals surface area contributed by atoms with Crippen molar-refractivity contribution >= 4 is 38.4 Å². The largest absolute Gasteiger partial charge is 0.493 e. The van der Waals surface area contributed by atoms with Crippen molar-refractivity contribution in [3.05, 3.63) is 57.6 Å². The Balaban J connectivity index is 1.98. The molecule has 0 radical (unpaired) electrons. The van der Waals surface area contributed by atoms with Crippen LogP contribution in [0.2, 0.25) is 0 Å². The highest BCUT2D eigenvalue weighted by atomic mass is 79.9. The molecule has 0 spiro atoms. The van der Waals surface area contributed by atoms with Crippen LogP contribution in [-0.2, 0) is 0 Å². The molecule has 0 saturated carbocycles. The Labute approximate surface area is 141 Å². The summed E-state index contributed by atoms with van der Waals surface area (Å²) in [5, 5.41) is 18.4. The van der Waals surface area contributed by atoms with Crippen molar-refractivity contribution in [1.29, 1.82) is 0 Å². The van der Waals surface area contributed by atoms with Gasteiger partial charge >= 0.3 is 0 Å². The minimum atomic E-state index is -0.439. The molecule has 1 amide bonds. The van der Waals surface area contributed by atoms with Crippen LogP contribution in [0.15, 0.2) is 51.1 Å². The second-order valence-electron chi connectivity index (χ2n) is 5.34. The molecule has 23 heavy (non-hydrogen) atoms. The van der Waals surface area contributed by atoms with Crippen LogP contribution in [0, 0.1) is 13.8 Å². The van der Waals surface area contributed by atoms with Gasteiger partial charge in [0.25, 0.3) is 5.91 Å². The molecule has 6 heteroatoms. The zero-order valence-electron chi connectivity index (χ0n) is 12.6. The maximum atomic E-state index is 12.2. The second-order valence-corrected chi connectivity index (χ2v) is 6.25. The van der Waals surface area contributed by atoms with Gasteiger partial charge in [-0.15, -0.1) is 10.2 Å². The number of carbonyl (C=O) groups is 1. The van der Waals surface area contributed by atoms with E-state index in [0.29, 0.717) is 10.9 Å². The fourth-order valence-corrected chi connectivity index (χ4v) is 2.80. The summed E-state index contributed by atoms with van der Waals surface area (Å²) >= 11 is 3.37. The van der Waals surface area contributed by atoms with Gasteiger partial charge in [0.1, 0.15) is 0 Å². The number of nitrogens with zero attached hydrogens (tertiary/aromatic N) is 2. The summed E-state index contributed by atoms with van der Waals surface area (Å²) in [7, 11) is 0. The number of rotatable bonds is 2. The predicted octanol–water partition coefficient (Wildman–Crippen LogP) is 5.18. The number of fused-ring (bicyclic) bond motifs is 1. The number of aromatic amines is 1. The maximum absolute atomic E-state index is 12.2. The van der Waals surface area contributed by atoms with Crippen LogP contribution in [0.5, 0.6) is 5.88 Å². The van der Waals surface area contributed by atoms with Crippen LogP contribution < -0.4 is 0 Å². The number of carbonyl (C=O) groups excluding carboxylic acids is 1. The quantitative estimate of drug-likeness (QED) is 0.608. The number of nitrogens with one attached hydrogen (secondary N) is 1. The van der Waals surface area contributed by atoms with Crippen LogP contribution in [0.4, 0.5) is 5.69 Å². The molecular weight excluding hydrogens is 358 g/mol. The Morgan fingerprint density at radius 1 is 1.17 bits per heavy atom. The number of hydrogen-bond acceptors (Lipinski definition) is 3. The van der Waals surface area contributed by atoms with E-state index in [0.717, 1.165) is 21.1 Å². The van der Waals surface area contributed by atoms with E-state index in [1.54, 1.807) is 6.07 Å². The highest BCUT2D eigenvalue weighted by Crippen LogP contribution is 2.36. The lowest BCUT2D eigenvalue weighted by Gasteiger charge is -2.01. The van der Waals surface area contributed by atoms with Crippen LogP contribution in [0.3, 0.4) is 0 Å². The zero-order valence-corrected chi connectivity index (χ0v) is 14.2. The van der Waals surface area contributed by atoms with Crippen LogP contribution in [0.25, 0.3) is 10.9 Å². The van der Waals surface area contributed by atoms with Gasteiger partial charge in [-0.05, 0) is 43.7 Å². The molecule has 0 aliphatic heterocycles. The number of H-pyrrole nitrogens is 1. The zero-order chi connectivity index (χ0) is 16.6. The lowest BCUT2D eigenvalue weighted by molar-refractivity contribution is 0.0994. The molecule has 2 aromatic carbocycles. The molecule has 2 N–H and O–H groups in total. The summed E-state index contributed by atoms with van der Waals surface area (Å²) in [5.74, 6) is -0.554. The van der Waals surface area contributed by atoms with Crippen molar-refractivity contribution in [2.24, 2.45) is 10.2 Å². The molecule has 0 unspecified atom stereocenters. The fourth-order valence-electron chi connectivity index (χ4n) is 2.44. The molecule has 0 saturated heterocycles. The highest BCUT2D eigenvalue weighted by molar-refractivity contribution is 9.10. The van der Waals surface area contributed by atoms with Gasteiger partial charge in [-0.25, -0.2) is 0 Å². The first-order valence-corrected chi connectivity index (χ1v) is 7.78. The molecule has 0 bridgehead atoms. The second kappa shape index (κ2) is 5.96. The van der Waals surface area contributed by atoms with E-state index in [1.165, 1.54) is 0 Å². The number of aryl methyl sites for hydroxylation is 2. The van der Waals surface area contributed by atoms with Gasteiger partial charge in [-0.1, -0.05) is 33.6 Å². The lowest BCUT2D eigenvalue weighted by atomic mass is 10.1. The van der Waals surface area contributed by atoms with Gasteiger partial charge in [0.05, 0.1) is 5.52 Å². The summed E-state index contributed by atoms with van der Waals surface area (Å²) in [5.41, 5.74) is 3.40. The van der Waals surface area contributed by atoms with Crippen molar-refractivity contribution < 1.29 is 9.90 Å².